The highest BCUT2D eigenvalue weighted by atomic mass is 16.5. The lowest BCUT2D eigenvalue weighted by molar-refractivity contribution is -0.0110. The largest absolute Gasteiger partial charge is 0.491 e. The first-order valence-corrected chi connectivity index (χ1v) is 9.95. The van der Waals surface area contributed by atoms with Gasteiger partial charge in [0, 0.05) is 23.8 Å². The van der Waals surface area contributed by atoms with Crippen LogP contribution in [0.2, 0.25) is 0 Å². The summed E-state index contributed by atoms with van der Waals surface area (Å²) >= 11 is 0. The van der Waals surface area contributed by atoms with E-state index in [9.17, 15) is 0 Å². The number of benzene rings is 1. The summed E-state index contributed by atoms with van der Waals surface area (Å²) in [4.78, 5) is 4.84. The number of nitrogens with zero attached hydrogens (tertiary/aromatic N) is 3. The first kappa shape index (κ1) is 18.9. The highest BCUT2D eigenvalue weighted by molar-refractivity contribution is 5.86. The van der Waals surface area contributed by atoms with Crippen molar-refractivity contribution in [3.8, 4) is 17.0 Å². The van der Waals surface area contributed by atoms with Gasteiger partial charge in [0.15, 0.2) is 0 Å². The number of aromatic nitrogens is 3. The van der Waals surface area contributed by atoms with Crippen LogP contribution in [0, 0.1) is 13.8 Å². The minimum Gasteiger partial charge on any atom is -0.491 e. The van der Waals surface area contributed by atoms with Crippen LogP contribution in [0.4, 0.5) is 0 Å². The number of rotatable bonds is 6. The van der Waals surface area contributed by atoms with Gasteiger partial charge in [0.2, 0.25) is 0 Å². The summed E-state index contributed by atoms with van der Waals surface area (Å²) in [5.74, 6) is 0.853. The molecule has 3 aromatic rings. The molecule has 0 spiro atoms. The fourth-order valence-corrected chi connectivity index (χ4v) is 3.72. The number of pyridine rings is 1. The Morgan fingerprint density at radius 1 is 1.25 bits per heavy atom. The zero-order valence-electron chi connectivity index (χ0n) is 16.5. The van der Waals surface area contributed by atoms with Crippen molar-refractivity contribution in [2.45, 2.75) is 45.8 Å². The van der Waals surface area contributed by atoms with Crippen molar-refractivity contribution in [2.24, 2.45) is 0 Å². The highest BCUT2D eigenvalue weighted by Gasteiger charge is 2.15. The van der Waals surface area contributed by atoms with Crippen LogP contribution in [0.5, 0.6) is 5.75 Å². The maximum Gasteiger partial charge on any atom is 0.120 e. The Kier molecular flexibility index (Phi) is 5.59. The van der Waals surface area contributed by atoms with Crippen molar-refractivity contribution in [3.05, 3.63) is 41.7 Å². The maximum atomic E-state index is 9.13. The quantitative estimate of drug-likeness (QED) is 0.706. The van der Waals surface area contributed by atoms with Crippen LogP contribution in [-0.2, 0) is 11.3 Å². The fourth-order valence-electron chi connectivity index (χ4n) is 3.72. The molecule has 1 N–H and O–H groups in total. The van der Waals surface area contributed by atoms with Crippen molar-refractivity contribution >= 4 is 10.9 Å². The van der Waals surface area contributed by atoms with Crippen molar-refractivity contribution in [3.63, 3.8) is 0 Å². The molecule has 2 aromatic heterocycles. The number of fused-ring (bicyclic) bond motifs is 1. The zero-order valence-corrected chi connectivity index (χ0v) is 16.5. The van der Waals surface area contributed by atoms with Crippen LogP contribution in [0.1, 0.15) is 30.5 Å². The van der Waals surface area contributed by atoms with Gasteiger partial charge >= 0.3 is 0 Å². The van der Waals surface area contributed by atoms with Gasteiger partial charge in [-0.15, -0.1) is 0 Å². The lowest BCUT2D eigenvalue weighted by Gasteiger charge is -2.22. The van der Waals surface area contributed by atoms with E-state index < -0.39 is 0 Å². The standard InChI is InChI=1S/C22H27N3O3/c1-15-11-22(20-13-25(8-9-26)24-16(20)2)23-21-7-6-17(12-19(15)21)28-14-18-5-3-4-10-27-18/h6-7,11-13,18,26H,3-5,8-10,14H2,1-2H3. The van der Waals surface area contributed by atoms with Crippen LogP contribution in [0.25, 0.3) is 22.2 Å². The first-order valence-electron chi connectivity index (χ1n) is 9.95. The second-order valence-corrected chi connectivity index (χ2v) is 7.42. The van der Waals surface area contributed by atoms with E-state index in [0.29, 0.717) is 13.2 Å². The van der Waals surface area contributed by atoms with Gasteiger partial charge in [-0.3, -0.25) is 4.68 Å². The molecule has 0 amide bonds. The summed E-state index contributed by atoms with van der Waals surface area (Å²) in [5, 5.41) is 14.7. The minimum atomic E-state index is 0.0689. The van der Waals surface area contributed by atoms with E-state index in [2.05, 4.69) is 24.2 Å². The second kappa shape index (κ2) is 8.29. The second-order valence-electron chi connectivity index (χ2n) is 7.42. The van der Waals surface area contributed by atoms with Crippen molar-refractivity contribution in [1.82, 2.24) is 14.8 Å². The number of aliphatic hydroxyl groups excluding tert-OH is 1. The predicted molar refractivity (Wildman–Crippen MR) is 109 cm³/mol. The Balaban J connectivity index is 1.57. The Labute approximate surface area is 165 Å². The predicted octanol–water partition coefficient (Wildman–Crippen LogP) is 3.66. The summed E-state index contributed by atoms with van der Waals surface area (Å²) in [5.41, 5.74) is 4.88. The molecule has 6 heteroatoms. The maximum absolute atomic E-state index is 9.13. The van der Waals surface area contributed by atoms with Gasteiger partial charge in [0.25, 0.3) is 0 Å². The number of ether oxygens (including phenoxy) is 2. The van der Waals surface area contributed by atoms with Gasteiger partial charge < -0.3 is 14.6 Å². The molecule has 148 valence electrons. The molecule has 1 saturated heterocycles. The van der Waals surface area contributed by atoms with Gasteiger partial charge in [-0.1, -0.05) is 0 Å². The summed E-state index contributed by atoms with van der Waals surface area (Å²) in [7, 11) is 0. The zero-order chi connectivity index (χ0) is 19.5. The summed E-state index contributed by atoms with van der Waals surface area (Å²) in [6.07, 6.45) is 5.58. The Hall–Kier alpha value is -2.44. The van der Waals surface area contributed by atoms with Crippen molar-refractivity contribution in [1.29, 1.82) is 0 Å². The molecule has 6 nitrogen and oxygen atoms in total. The third kappa shape index (κ3) is 4.03. The molecular weight excluding hydrogens is 354 g/mol. The van der Waals surface area contributed by atoms with E-state index in [4.69, 9.17) is 19.6 Å². The molecule has 4 rings (SSSR count). The molecule has 0 saturated carbocycles. The molecule has 1 fully saturated rings. The monoisotopic (exact) mass is 381 g/mol. The third-order valence-corrected chi connectivity index (χ3v) is 5.25. The normalized spacial score (nSPS) is 17.2. The summed E-state index contributed by atoms with van der Waals surface area (Å²) in [6, 6.07) is 8.13. The van der Waals surface area contributed by atoms with Crippen LogP contribution in [0.3, 0.4) is 0 Å². The lowest BCUT2D eigenvalue weighted by atomic mass is 10.1. The van der Waals surface area contributed by atoms with Gasteiger partial charge in [0.1, 0.15) is 12.4 Å². The molecule has 1 unspecified atom stereocenters. The molecule has 0 bridgehead atoms. The number of hydrogen-bond donors (Lipinski definition) is 1. The molecule has 28 heavy (non-hydrogen) atoms. The molecule has 1 aliphatic heterocycles. The van der Waals surface area contributed by atoms with E-state index in [1.54, 1.807) is 4.68 Å². The van der Waals surface area contributed by atoms with Gasteiger partial charge in [0.05, 0.1) is 36.2 Å². The van der Waals surface area contributed by atoms with Crippen LogP contribution in [-0.4, -0.2) is 45.8 Å². The molecule has 1 aliphatic rings. The third-order valence-electron chi connectivity index (χ3n) is 5.25. The average molecular weight is 381 g/mol. The topological polar surface area (TPSA) is 69.4 Å². The molecule has 0 aliphatic carbocycles. The van der Waals surface area contributed by atoms with Crippen molar-refractivity contribution in [2.75, 3.05) is 19.8 Å². The Morgan fingerprint density at radius 2 is 2.14 bits per heavy atom. The smallest absolute Gasteiger partial charge is 0.120 e. The number of hydrogen-bond acceptors (Lipinski definition) is 5. The van der Waals surface area contributed by atoms with Crippen LogP contribution in [0.15, 0.2) is 30.5 Å². The van der Waals surface area contributed by atoms with Gasteiger partial charge in [-0.25, -0.2) is 4.98 Å². The van der Waals surface area contributed by atoms with Gasteiger partial charge in [-0.2, -0.15) is 5.10 Å². The van der Waals surface area contributed by atoms with Crippen molar-refractivity contribution < 1.29 is 14.6 Å². The Bertz CT molecular complexity index is 961. The summed E-state index contributed by atoms with van der Waals surface area (Å²) < 4.78 is 13.5. The summed E-state index contributed by atoms with van der Waals surface area (Å²) in [6.45, 7) is 6.05. The molecule has 1 aromatic carbocycles. The van der Waals surface area contributed by atoms with Crippen LogP contribution < -0.4 is 4.74 Å². The molecule has 0 radical (unpaired) electrons. The average Bonchev–Trinajstić information content (AvgIpc) is 3.08. The fraction of sp³-hybridized carbons (Fsp3) is 0.455. The van der Waals surface area contributed by atoms with E-state index >= 15 is 0 Å². The van der Waals surface area contributed by atoms with Gasteiger partial charge in [-0.05, 0) is 62.9 Å². The Morgan fingerprint density at radius 3 is 2.93 bits per heavy atom. The molecule has 1 atom stereocenters. The number of aliphatic hydroxyl groups is 1. The van der Waals surface area contributed by atoms with E-state index in [0.717, 1.165) is 58.6 Å². The SMILES string of the molecule is Cc1nn(CCO)cc1-c1cc(C)c2cc(OCC3CCCCO3)ccc2n1. The lowest BCUT2D eigenvalue weighted by Crippen LogP contribution is -2.25. The van der Waals surface area contributed by atoms with Crippen LogP contribution >= 0.6 is 0 Å². The van der Waals surface area contributed by atoms with E-state index in [1.807, 2.05) is 25.3 Å². The van der Waals surface area contributed by atoms with E-state index in [-0.39, 0.29) is 12.7 Å². The minimum absolute atomic E-state index is 0.0689. The highest BCUT2D eigenvalue weighted by Crippen LogP contribution is 2.29. The molecule has 3 heterocycles. The van der Waals surface area contributed by atoms with E-state index in [1.165, 1.54) is 6.42 Å². The molecular formula is C22H27N3O3. The number of aryl methyl sites for hydroxylation is 2. The first-order chi connectivity index (χ1) is 13.6.